The van der Waals surface area contributed by atoms with Crippen LogP contribution in [0.15, 0.2) is 24.3 Å². The second-order valence-electron chi connectivity index (χ2n) is 4.64. The van der Waals surface area contributed by atoms with Crippen molar-refractivity contribution in [2.24, 2.45) is 0 Å². The van der Waals surface area contributed by atoms with E-state index in [0.29, 0.717) is 6.54 Å². The monoisotopic (exact) mass is 260 g/mol. The third-order valence-corrected chi connectivity index (χ3v) is 2.71. The summed E-state index contributed by atoms with van der Waals surface area (Å²) in [4.78, 5) is 13.2. The molecule has 0 radical (unpaired) electrons. The minimum atomic E-state index is -0.405. The Morgan fingerprint density at radius 3 is 2.74 bits per heavy atom. The van der Waals surface area contributed by atoms with Crippen molar-refractivity contribution in [1.82, 2.24) is 0 Å². The van der Waals surface area contributed by atoms with Gasteiger partial charge in [0.05, 0.1) is 25.1 Å². The minimum absolute atomic E-state index is 0.114. The molecule has 19 heavy (non-hydrogen) atoms. The molecule has 1 aromatic carbocycles. The molecule has 0 aliphatic carbocycles. The topological polar surface area (TPSA) is 62.6 Å². The van der Waals surface area contributed by atoms with Crippen molar-refractivity contribution in [1.29, 1.82) is 5.26 Å². The Morgan fingerprint density at radius 1 is 1.47 bits per heavy atom. The van der Waals surface area contributed by atoms with Crippen LogP contribution in [0, 0.1) is 11.3 Å². The number of hydrogen-bond acceptors (Lipinski definition) is 4. The van der Waals surface area contributed by atoms with Gasteiger partial charge in [-0.1, -0.05) is 0 Å². The SMILES string of the molecule is CC(C)Oc1ccc(N2CC(CC#N)OC2=O)cc1. The number of nitrogens with zero attached hydrogens (tertiary/aromatic N) is 2. The van der Waals surface area contributed by atoms with Gasteiger partial charge in [-0.05, 0) is 38.1 Å². The van der Waals surface area contributed by atoms with Crippen LogP contribution in [-0.2, 0) is 4.74 Å². The fourth-order valence-electron chi connectivity index (χ4n) is 1.92. The lowest BCUT2D eigenvalue weighted by Crippen LogP contribution is -2.24. The van der Waals surface area contributed by atoms with E-state index in [-0.39, 0.29) is 18.6 Å². The quantitative estimate of drug-likeness (QED) is 0.835. The van der Waals surface area contributed by atoms with Crippen molar-refractivity contribution in [2.75, 3.05) is 11.4 Å². The number of ether oxygens (including phenoxy) is 2. The largest absolute Gasteiger partial charge is 0.491 e. The summed E-state index contributed by atoms with van der Waals surface area (Å²) in [5, 5.41) is 8.61. The first-order valence-electron chi connectivity index (χ1n) is 6.22. The number of carbonyl (C=O) groups is 1. The maximum absolute atomic E-state index is 11.7. The first-order valence-corrected chi connectivity index (χ1v) is 6.22. The molecule has 1 unspecified atom stereocenters. The van der Waals surface area contributed by atoms with Crippen LogP contribution in [0.5, 0.6) is 5.75 Å². The van der Waals surface area contributed by atoms with E-state index in [1.807, 2.05) is 44.2 Å². The highest BCUT2D eigenvalue weighted by molar-refractivity contribution is 5.89. The Kier molecular flexibility index (Phi) is 3.91. The van der Waals surface area contributed by atoms with E-state index >= 15 is 0 Å². The van der Waals surface area contributed by atoms with E-state index in [1.54, 1.807) is 0 Å². The summed E-state index contributed by atoms with van der Waals surface area (Å²) in [5.74, 6) is 0.764. The molecule has 1 saturated heterocycles. The van der Waals surface area contributed by atoms with Gasteiger partial charge in [0, 0.05) is 5.69 Å². The van der Waals surface area contributed by atoms with Crippen LogP contribution in [-0.4, -0.2) is 24.8 Å². The number of benzene rings is 1. The van der Waals surface area contributed by atoms with E-state index in [0.717, 1.165) is 11.4 Å². The van der Waals surface area contributed by atoms with Gasteiger partial charge in [0.1, 0.15) is 11.9 Å². The maximum atomic E-state index is 11.7. The van der Waals surface area contributed by atoms with Crippen molar-refractivity contribution in [3.63, 3.8) is 0 Å². The molecule has 1 atom stereocenters. The number of anilines is 1. The summed E-state index contributed by atoms with van der Waals surface area (Å²) in [7, 11) is 0. The van der Waals surface area contributed by atoms with Gasteiger partial charge in [-0.25, -0.2) is 4.79 Å². The minimum Gasteiger partial charge on any atom is -0.491 e. The highest BCUT2D eigenvalue weighted by Crippen LogP contribution is 2.25. The first kappa shape index (κ1) is 13.2. The zero-order chi connectivity index (χ0) is 13.8. The molecule has 0 aromatic heterocycles. The summed E-state index contributed by atoms with van der Waals surface area (Å²) < 4.78 is 10.6. The maximum Gasteiger partial charge on any atom is 0.414 e. The van der Waals surface area contributed by atoms with Crippen LogP contribution >= 0.6 is 0 Å². The normalized spacial score (nSPS) is 18.3. The summed E-state index contributed by atoms with van der Waals surface area (Å²) in [6.45, 7) is 4.33. The van der Waals surface area contributed by atoms with Crippen molar-refractivity contribution in [3.05, 3.63) is 24.3 Å². The molecule has 2 rings (SSSR count). The predicted octanol–water partition coefficient (Wildman–Crippen LogP) is 2.71. The molecule has 5 nitrogen and oxygen atoms in total. The van der Waals surface area contributed by atoms with Gasteiger partial charge in [0.2, 0.25) is 0 Å². The fourth-order valence-corrected chi connectivity index (χ4v) is 1.92. The van der Waals surface area contributed by atoms with Crippen molar-refractivity contribution in [2.45, 2.75) is 32.5 Å². The summed E-state index contributed by atoms with van der Waals surface area (Å²) in [5.41, 5.74) is 0.751. The van der Waals surface area contributed by atoms with Crippen molar-refractivity contribution >= 4 is 11.8 Å². The van der Waals surface area contributed by atoms with E-state index in [2.05, 4.69) is 0 Å². The van der Waals surface area contributed by atoms with Crippen molar-refractivity contribution < 1.29 is 14.3 Å². The summed E-state index contributed by atoms with van der Waals surface area (Å²) in [6, 6.07) is 9.27. The van der Waals surface area contributed by atoms with E-state index in [9.17, 15) is 4.79 Å². The van der Waals surface area contributed by atoms with Gasteiger partial charge < -0.3 is 9.47 Å². The molecule has 1 aliphatic heterocycles. The summed E-state index contributed by atoms with van der Waals surface area (Å²) in [6.07, 6.45) is -0.416. The Hall–Kier alpha value is -2.22. The van der Waals surface area contributed by atoms with E-state index in [1.165, 1.54) is 4.90 Å². The average molecular weight is 260 g/mol. The van der Waals surface area contributed by atoms with Gasteiger partial charge >= 0.3 is 6.09 Å². The van der Waals surface area contributed by atoms with Gasteiger partial charge in [0.15, 0.2) is 0 Å². The lowest BCUT2D eigenvalue weighted by molar-refractivity contribution is 0.143. The van der Waals surface area contributed by atoms with Gasteiger partial charge in [-0.2, -0.15) is 5.26 Å². The number of amides is 1. The van der Waals surface area contributed by atoms with Gasteiger partial charge in [-0.15, -0.1) is 0 Å². The molecule has 1 amide bonds. The molecule has 1 aromatic rings. The highest BCUT2D eigenvalue weighted by atomic mass is 16.6. The molecule has 0 N–H and O–H groups in total. The molecule has 0 bridgehead atoms. The van der Waals surface area contributed by atoms with Crippen LogP contribution in [0.3, 0.4) is 0 Å². The molecular formula is C14H16N2O3. The average Bonchev–Trinajstić information content (AvgIpc) is 2.71. The number of nitriles is 1. The highest BCUT2D eigenvalue weighted by Gasteiger charge is 2.31. The Labute approximate surface area is 112 Å². The zero-order valence-electron chi connectivity index (χ0n) is 11.0. The second-order valence-corrected chi connectivity index (χ2v) is 4.64. The molecular weight excluding hydrogens is 244 g/mol. The molecule has 1 aliphatic rings. The second kappa shape index (κ2) is 5.61. The lowest BCUT2D eigenvalue weighted by Gasteiger charge is -2.14. The molecule has 1 heterocycles. The number of rotatable bonds is 4. The Balaban J connectivity index is 2.06. The Bertz CT molecular complexity index is 490. The van der Waals surface area contributed by atoms with E-state index < -0.39 is 6.09 Å². The van der Waals surface area contributed by atoms with E-state index in [4.69, 9.17) is 14.7 Å². The Morgan fingerprint density at radius 2 is 2.16 bits per heavy atom. The first-order chi connectivity index (χ1) is 9.10. The molecule has 100 valence electrons. The van der Waals surface area contributed by atoms with Crippen LogP contribution < -0.4 is 9.64 Å². The predicted molar refractivity (Wildman–Crippen MR) is 70.1 cm³/mol. The van der Waals surface area contributed by atoms with Crippen LogP contribution in [0.25, 0.3) is 0 Å². The number of carbonyl (C=O) groups excluding carboxylic acids is 1. The third-order valence-electron chi connectivity index (χ3n) is 2.71. The molecule has 0 saturated carbocycles. The summed E-state index contributed by atoms with van der Waals surface area (Å²) >= 11 is 0. The standard InChI is InChI=1S/C14H16N2O3/c1-10(2)18-12-5-3-11(4-6-12)16-9-13(7-8-15)19-14(16)17/h3-6,10,13H,7,9H2,1-2H3. The zero-order valence-corrected chi connectivity index (χ0v) is 11.0. The van der Waals surface area contributed by atoms with Crippen LogP contribution in [0.4, 0.5) is 10.5 Å². The van der Waals surface area contributed by atoms with Gasteiger partial charge in [0.25, 0.3) is 0 Å². The van der Waals surface area contributed by atoms with Crippen LogP contribution in [0.2, 0.25) is 0 Å². The lowest BCUT2D eigenvalue weighted by atomic mass is 10.2. The fraction of sp³-hybridized carbons (Fsp3) is 0.429. The molecule has 0 spiro atoms. The number of cyclic esters (lactones) is 1. The number of hydrogen-bond donors (Lipinski definition) is 0. The third kappa shape index (κ3) is 3.16. The van der Waals surface area contributed by atoms with Crippen LogP contribution in [0.1, 0.15) is 20.3 Å². The van der Waals surface area contributed by atoms with Crippen molar-refractivity contribution in [3.8, 4) is 11.8 Å². The smallest absolute Gasteiger partial charge is 0.414 e. The molecule has 1 fully saturated rings. The van der Waals surface area contributed by atoms with Gasteiger partial charge in [-0.3, -0.25) is 4.90 Å². The molecule has 5 heteroatoms.